The number of esters is 4. The number of phenols is 2. The van der Waals surface area contributed by atoms with Crippen LogP contribution in [0, 0.1) is 62.2 Å². The largest absolute Gasteiger partial charge is 0.712 e. The maximum absolute atomic E-state index is 11.9. The second-order valence-corrected chi connectivity index (χ2v) is 23.6. The fourth-order valence-electron chi connectivity index (χ4n) is 5.28. The molecule has 2 aliphatic rings. The Kier molecular flexibility index (Phi) is 34.9. The summed E-state index contributed by atoms with van der Waals surface area (Å²) in [5, 5.41) is 26.5. The van der Waals surface area contributed by atoms with Crippen LogP contribution in [0.3, 0.4) is 0 Å². The SMILES string of the molecule is C=CC.CC(=O)c1ccc(OP(P)[S-])cc1C(C)=O.CC(C)O.CC(C)OC(=O)c1ccc(O)cc1C(=O)OC(C)C.O=C1CC(=O)c2cc(O)ccc21.O=C1OC(=O)c2cc(OP(P)[S-])ccc21.[U].[U]. The topological polar surface area (TPSA) is 243 Å². The van der Waals surface area contributed by atoms with E-state index in [1.54, 1.807) is 71.9 Å². The molecule has 4 aromatic rings. The van der Waals surface area contributed by atoms with Crippen molar-refractivity contribution >= 4 is 103 Å². The Labute approximate surface area is 478 Å². The van der Waals surface area contributed by atoms with Crippen molar-refractivity contribution in [1.29, 1.82) is 0 Å². The normalized spacial score (nSPS) is 12.1. The van der Waals surface area contributed by atoms with Gasteiger partial charge in [0.1, 0.15) is 23.0 Å². The molecular weight excluding hydrogens is 1480 g/mol. The zero-order valence-electron chi connectivity index (χ0n) is 40.2. The number of aliphatic hydroxyl groups excluding tert-OH is 1. The van der Waals surface area contributed by atoms with Gasteiger partial charge in [-0.3, -0.25) is 19.2 Å². The number of allylic oxidation sites excluding steroid dienone is 1. The summed E-state index contributed by atoms with van der Waals surface area (Å²) in [6, 6.07) is 17.4. The summed E-state index contributed by atoms with van der Waals surface area (Å²) in [6.07, 6.45) is 0.915. The van der Waals surface area contributed by atoms with Crippen LogP contribution >= 0.6 is 31.9 Å². The molecule has 0 radical (unpaired) electrons. The number of ether oxygens (including phenoxy) is 3. The predicted octanol–water partition coefficient (Wildman–Crippen LogP) is 10.4. The summed E-state index contributed by atoms with van der Waals surface area (Å²) in [4.78, 5) is 90.9. The van der Waals surface area contributed by atoms with E-state index in [-0.39, 0.29) is 144 Å². The zero-order chi connectivity index (χ0) is 52.9. The standard InChI is InChI=1S/C14H18O5.C10H11O3P2S.C9H6O3.C8H5O4P2S.C3H8O.C3H6.2U/c1-8(2)18-13(16)11-6-5-10(15)7-12(11)14(17)19-9(3)4;1-6(11)9-4-3-8(13-15(14)16)5-10(9)7(2)12;10-5-1-2-6-7(3-5)9(12)4-8(6)11;9-7-5-2-1-4(12-14(13)15)3-6(5)8(10)11-7;1-3(2)4;1-3-2;;/h5-9,15H,1-4H3;3-5H,14H2,1-2H3;1-3,10H,4H2;1-3H,13H2;3-4H,1-2H3;3H,1H2,2H3;;/q;-1;;-1;;;;. The molecule has 0 saturated carbocycles. The van der Waals surface area contributed by atoms with E-state index in [2.05, 4.69) is 29.2 Å². The molecule has 1 heterocycles. The molecular formula is C47H54O16P4S2U2-2. The predicted molar refractivity (Wildman–Crippen MR) is 276 cm³/mol. The van der Waals surface area contributed by atoms with E-state index in [0.717, 1.165) is 0 Å². The summed E-state index contributed by atoms with van der Waals surface area (Å²) >= 11 is 9.77. The molecule has 4 atom stereocenters. The molecule has 4 aromatic carbocycles. The van der Waals surface area contributed by atoms with Crippen molar-refractivity contribution in [1.82, 2.24) is 0 Å². The van der Waals surface area contributed by atoms with Crippen molar-refractivity contribution in [2.75, 3.05) is 0 Å². The first-order valence-electron chi connectivity index (χ1n) is 20.4. The molecule has 0 bridgehead atoms. The number of cyclic esters (lactones) is 2. The third-order valence-electron chi connectivity index (χ3n) is 7.81. The Hall–Kier alpha value is -2.94. The number of ketones is 4. The van der Waals surface area contributed by atoms with Crippen molar-refractivity contribution in [3.63, 3.8) is 0 Å². The van der Waals surface area contributed by atoms with Gasteiger partial charge in [-0.1, -0.05) is 23.9 Å². The minimum absolute atomic E-state index is 0. The van der Waals surface area contributed by atoms with Gasteiger partial charge in [0.05, 0.1) is 40.9 Å². The number of benzene rings is 4. The quantitative estimate of drug-likeness (QED) is 0.0254. The number of Topliss-reactive ketones (excluding diaryl/α,β-unsaturated/α-hetero) is 4. The van der Waals surface area contributed by atoms with Crippen molar-refractivity contribution < 1.29 is 139 Å². The van der Waals surface area contributed by atoms with Crippen molar-refractivity contribution in [2.24, 2.45) is 0 Å². The molecule has 1 aliphatic heterocycles. The van der Waals surface area contributed by atoms with E-state index in [1.165, 1.54) is 62.4 Å². The fourth-order valence-corrected chi connectivity index (χ4v) is 7.17. The monoisotopic (exact) mass is 1540 g/mol. The number of fused-ring (bicyclic) bond motifs is 2. The number of aromatic hydroxyl groups is 2. The first-order valence-corrected chi connectivity index (χ1v) is 28.2. The van der Waals surface area contributed by atoms with Crippen LogP contribution < -0.4 is 9.05 Å². The number of carbonyl (C=O) groups excluding carboxylic acids is 8. The number of phenolic OH excluding ortho intramolecular Hbond substituents is 2. The smallest absolute Gasteiger partial charge is 0.347 e. The third-order valence-corrected chi connectivity index (χ3v) is 9.67. The second-order valence-electron chi connectivity index (χ2n) is 14.9. The number of hydrogen-bond donors (Lipinski definition) is 3. The van der Waals surface area contributed by atoms with E-state index in [9.17, 15) is 43.5 Å². The molecule has 0 fully saturated rings. The summed E-state index contributed by atoms with van der Waals surface area (Å²) in [6.45, 7) is 18.4. The average Bonchev–Trinajstić information content (AvgIpc) is 3.67. The van der Waals surface area contributed by atoms with Crippen LogP contribution in [0.1, 0.15) is 152 Å². The Morgan fingerprint density at radius 1 is 0.620 bits per heavy atom. The molecule has 0 spiro atoms. The fraction of sp³-hybridized carbons (Fsp3) is 0.277. The molecule has 380 valence electrons. The Bertz CT molecular complexity index is 2520. The van der Waals surface area contributed by atoms with E-state index >= 15 is 0 Å². The van der Waals surface area contributed by atoms with Crippen LogP contribution in [-0.4, -0.2) is 80.6 Å². The summed E-state index contributed by atoms with van der Waals surface area (Å²) in [5.74, 6) is -2.30. The van der Waals surface area contributed by atoms with E-state index in [0.29, 0.717) is 33.8 Å². The number of aliphatic hydroxyl groups is 1. The second kappa shape index (κ2) is 35.3. The Balaban J connectivity index is 0. The molecule has 16 nitrogen and oxygen atoms in total. The minimum Gasteiger partial charge on any atom is -0.712 e. The van der Waals surface area contributed by atoms with E-state index < -0.39 is 38.0 Å². The maximum Gasteiger partial charge on any atom is 0.347 e. The van der Waals surface area contributed by atoms with Gasteiger partial charge in [-0.15, -0.1) is 6.58 Å². The average molecular weight is 1540 g/mol. The number of hydrogen-bond acceptors (Lipinski definition) is 18. The third kappa shape index (κ3) is 25.7. The first kappa shape index (κ1) is 70.1. The van der Waals surface area contributed by atoms with Crippen LogP contribution in [0.2, 0.25) is 0 Å². The van der Waals surface area contributed by atoms with E-state index in [4.69, 9.17) is 53.2 Å². The summed E-state index contributed by atoms with van der Waals surface area (Å²) in [5.41, 5.74) is 2.15. The van der Waals surface area contributed by atoms with Gasteiger partial charge >= 0.3 is 23.9 Å². The molecule has 71 heavy (non-hydrogen) atoms. The first-order chi connectivity index (χ1) is 32.1. The van der Waals surface area contributed by atoms with Crippen LogP contribution in [-0.2, 0) is 38.7 Å². The van der Waals surface area contributed by atoms with Gasteiger partial charge in [0.2, 0.25) is 0 Å². The molecule has 24 heteroatoms. The van der Waals surface area contributed by atoms with Crippen LogP contribution in [0.15, 0.2) is 85.5 Å². The molecule has 0 saturated heterocycles. The maximum atomic E-state index is 11.9. The van der Waals surface area contributed by atoms with Crippen LogP contribution in [0.4, 0.5) is 0 Å². The van der Waals surface area contributed by atoms with Gasteiger partial charge < -0.3 is 63.1 Å². The Morgan fingerprint density at radius 2 is 1.01 bits per heavy atom. The number of rotatable bonds is 10. The van der Waals surface area contributed by atoms with Gasteiger partial charge in [-0.05, 0) is 149 Å². The van der Waals surface area contributed by atoms with Gasteiger partial charge in [-0.25, -0.2) is 19.2 Å². The van der Waals surface area contributed by atoms with Gasteiger partial charge in [0.15, 0.2) is 23.1 Å². The molecule has 6 rings (SSSR count). The van der Waals surface area contributed by atoms with Gasteiger partial charge in [0.25, 0.3) is 0 Å². The molecule has 0 aromatic heterocycles. The molecule has 0 amide bonds. The molecule has 4 unspecified atom stereocenters. The van der Waals surface area contributed by atoms with E-state index in [1.807, 2.05) is 6.92 Å². The molecule has 3 N–H and O–H groups in total. The summed E-state index contributed by atoms with van der Waals surface area (Å²) < 4.78 is 25.1. The number of carbonyl (C=O) groups is 8. The van der Waals surface area contributed by atoms with Gasteiger partial charge in [-0.2, -0.15) is 0 Å². The van der Waals surface area contributed by atoms with Crippen LogP contribution in [0.5, 0.6) is 23.0 Å². The minimum atomic E-state index is -1.05. The zero-order valence-corrected chi connectivity index (χ0v) is 54.2. The van der Waals surface area contributed by atoms with Crippen molar-refractivity contribution in [3.05, 3.63) is 130 Å². The summed E-state index contributed by atoms with van der Waals surface area (Å²) in [7, 11) is 2.66. The van der Waals surface area contributed by atoms with Crippen LogP contribution in [0.25, 0.3) is 0 Å². The van der Waals surface area contributed by atoms with Gasteiger partial charge in [0, 0.05) is 90.6 Å². The van der Waals surface area contributed by atoms with Crippen molar-refractivity contribution in [2.45, 2.75) is 87.0 Å². The molecule has 1 aliphatic carbocycles. The Morgan fingerprint density at radius 3 is 1.49 bits per heavy atom. The van der Waals surface area contributed by atoms with Crippen molar-refractivity contribution in [3.8, 4) is 23.0 Å².